The lowest BCUT2D eigenvalue weighted by atomic mass is 10.1. The van der Waals surface area contributed by atoms with E-state index in [0.29, 0.717) is 6.61 Å². The molecule has 0 fully saturated rings. The Labute approximate surface area is 89.1 Å². The Kier molecular flexibility index (Phi) is 10.9. The van der Waals surface area contributed by atoms with Crippen LogP contribution in [0.15, 0.2) is 0 Å². The van der Waals surface area contributed by atoms with Crippen molar-refractivity contribution in [2.75, 3.05) is 13.2 Å². The number of rotatable bonds is 10. The monoisotopic (exact) mass is 201 g/mol. The van der Waals surface area contributed by atoms with Crippen LogP contribution in [0.25, 0.3) is 0 Å². The molecule has 0 aromatic heterocycles. The SMILES string of the molecule is CCCC(CC)NCCCCCCO. The Balaban J connectivity index is 3.15. The van der Waals surface area contributed by atoms with E-state index in [2.05, 4.69) is 19.2 Å². The third-order valence-corrected chi connectivity index (χ3v) is 2.65. The molecule has 0 saturated carbocycles. The molecule has 0 amide bonds. The summed E-state index contributed by atoms with van der Waals surface area (Å²) < 4.78 is 0. The Bertz CT molecular complexity index is 106. The van der Waals surface area contributed by atoms with Gasteiger partial charge in [-0.05, 0) is 32.2 Å². The summed E-state index contributed by atoms with van der Waals surface area (Å²) in [5.74, 6) is 0. The molecule has 0 rings (SSSR count). The van der Waals surface area contributed by atoms with E-state index in [1.807, 2.05) is 0 Å². The molecule has 86 valence electrons. The van der Waals surface area contributed by atoms with Gasteiger partial charge in [-0.2, -0.15) is 0 Å². The fourth-order valence-electron chi connectivity index (χ4n) is 1.70. The zero-order valence-corrected chi connectivity index (χ0v) is 9.89. The molecule has 1 atom stereocenters. The molecule has 14 heavy (non-hydrogen) atoms. The minimum Gasteiger partial charge on any atom is -0.396 e. The first kappa shape index (κ1) is 13.9. The van der Waals surface area contributed by atoms with Crippen LogP contribution in [-0.2, 0) is 0 Å². The van der Waals surface area contributed by atoms with Gasteiger partial charge >= 0.3 is 0 Å². The average Bonchev–Trinajstić information content (AvgIpc) is 2.21. The molecule has 2 N–H and O–H groups in total. The Morgan fingerprint density at radius 3 is 2.36 bits per heavy atom. The molecular weight excluding hydrogens is 174 g/mol. The lowest BCUT2D eigenvalue weighted by molar-refractivity contribution is 0.282. The second-order valence-electron chi connectivity index (χ2n) is 3.99. The quantitative estimate of drug-likeness (QED) is 0.533. The average molecular weight is 201 g/mol. The van der Waals surface area contributed by atoms with E-state index in [-0.39, 0.29) is 0 Å². The van der Waals surface area contributed by atoms with E-state index < -0.39 is 0 Å². The lowest BCUT2D eigenvalue weighted by Gasteiger charge is -2.15. The number of aliphatic hydroxyl groups is 1. The summed E-state index contributed by atoms with van der Waals surface area (Å²) in [5, 5.41) is 12.2. The fourth-order valence-corrected chi connectivity index (χ4v) is 1.70. The van der Waals surface area contributed by atoms with Crippen LogP contribution < -0.4 is 5.32 Å². The van der Waals surface area contributed by atoms with E-state index in [1.165, 1.54) is 38.5 Å². The minimum atomic E-state index is 0.348. The summed E-state index contributed by atoms with van der Waals surface area (Å²) in [7, 11) is 0. The summed E-state index contributed by atoms with van der Waals surface area (Å²) >= 11 is 0. The highest BCUT2D eigenvalue weighted by Gasteiger charge is 2.02. The summed E-state index contributed by atoms with van der Waals surface area (Å²) in [5.41, 5.74) is 0. The topological polar surface area (TPSA) is 32.3 Å². The van der Waals surface area contributed by atoms with Gasteiger partial charge in [0.1, 0.15) is 0 Å². The predicted octanol–water partition coefficient (Wildman–Crippen LogP) is 2.71. The van der Waals surface area contributed by atoms with Crippen LogP contribution in [0.2, 0.25) is 0 Å². The van der Waals surface area contributed by atoms with E-state index in [9.17, 15) is 0 Å². The number of hydrogen-bond acceptors (Lipinski definition) is 2. The lowest BCUT2D eigenvalue weighted by Crippen LogP contribution is -2.29. The van der Waals surface area contributed by atoms with Crippen molar-refractivity contribution in [3.05, 3.63) is 0 Å². The number of nitrogens with one attached hydrogen (secondary N) is 1. The molecule has 0 aromatic rings. The zero-order chi connectivity index (χ0) is 10.6. The van der Waals surface area contributed by atoms with Crippen LogP contribution in [0.4, 0.5) is 0 Å². The molecular formula is C12H27NO. The molecule has 0 aliphatic heterocycles. The van der Waals surface area contributed by atoms with E-state index in [1.54, 1.807) is 0 Å². The van der Waals surface area contributed by atoms with Gasteiger partial charge < -0.3 is 10.4 Å². The van der Waals surface area contributed by atoms with Crippen molar-refractivity contribution in [3.63, 3.8) is 0 Å². The van der Waals surface area contributed by atoms with Crippen molar-refractivity contribution in [1.82, 2.24) is 5.32 Å². The van der Waals surface area contributed by atoms with Gasteiger partial charge in [-0.1, -0.05) is 33.1 Å². The van der Waals surface area contributed by atoms with Crippen LogP contribution in [0.3, 0.4) is 0 Å². The van der Waals surface area contributed by atoms with Gasteiger partial charge in [-0.15, -0.1) is 0 Å². The summed E-state index contributed by atoms with van der Waals surface area (Å²) in [6, 6.07) is 0.720. The van der Waals surface area contributed by atoms with Gasteiger partial charge in [0.25, 0.3) is 0 Å². The highest BCUT2D eigenvalue weighted by Crippen LogP contribution is 2.02. The van der Waals surface area contributed by atoms with Gasteiger partial charge in [0.15, 0.2) is 0 Å². The number of aliphatic hydroxyl groups excluding tert-OH is 1. The molecule has 0 aliphatic rings. The van der Waals surface area contributed by atoms with Crippen molar-refractivity contribution in [2.24, 2.45) is 0 Å². The maximum atomic E-state index is 8.60. The third kappa shape index (κ3) is 8.52. The molecule has 0 aliphatic carbocycles. The molecule has 1 unspecified atom stereocenters. The van der Waals surface area contributed by atoms with Crippen molar-refractivity contribution in [1.29, 1.82) is 0 Å². The number of unbranched alkanes of at least 4 members (excludes halogenated alkanes) is 3. The van der Waals surface area contributed by atoms with Gasteiger partial charge in [0, 0.05) is 12.6 Å². The first-order valence-electron chi connectivity index (χ1n) is 6.19. The highest BCUT2D eigenvalue weighted by molar-refractivity contribution is 4.63. The van der Waals surface area contributed by atoms with Crippen molar-refractivity contribution >= 4 is 0 Å². The predicted molar refractivity (Wildman–Crippen MR) is 62.5 cm³/mol. The smallest absolute Gasteiger partial charge is 0.0431 e. The zero-order valence-electron chi connectivity index (χ0n) is 9.89. The van der Waals surface area contributed by atoms with Crippen LogP contribution in [0, 0.1) is 0 Å². The fraction of sp³-hybridized carbons (Fsp3) is 1.00. The van der Waals surface area contributed by atoms with Crippen LogP contribution in [0.1, 0.15) is 58.8 Å². The van der Waals surface area contributed by atoms with Gasteiger partial charge in [0.2, 0.25) is 0 Å². The molecule has 2 nitrogen and oxygen atoms in total. The number of hydrogen-bond donors (Lipinski definition) is 2. The Hall–Kier alpha value is -0.0800. The van der Waals surface area contributed by atoms with Gasteiger partial charge in [0.05, 0.1) is 0 Å². The molecule has 0 radical (unpaired) electrons. The minimum absolute atomic E-state index is 0.348. The van der Waals surface area contributed by atoms with E-state index in [4.69, 9.17) is 5.11 Å². The van der Waals surface area contributed by atoms with Crippen LogP contribution in [-0.4, -0.2) is 24.3 Å². The normalized spacial score (nSPS) is 13.1. The van der Waals surface area contributed by atoms with Crippen molar-refractivity contribution < 1.29 is 5.11 Å². The van der Waals surface area contributed by atoms with Gasteiger partial charge in [-0.25, -0.2) is 0 Å². The maximum absolute atomic E-state index is 8.60. The Morgan fingerprint density at radius 2 is 1.79 bits per heavy atom. The second kappa shape index (κ2) is 11.0. The molecule has 0 heterocycles. The maximum Gasteiger partial charge on any atom is 0.0431 e. The molecule has 0 spiro atoms. The summed E-state index contributed by atoms with van der Waals surface area (Å²) in [6.45, 7) is 5.98. The van der Waals surface area contributed by atoms with Gasteiger partial charge in [-0.3, -0.25) is 0 Å². The second-order valence-corrected chi connectivity index (χ2v) is 3.99. The molecule has 2 heteroatoms. The van der Waals surface area contributed by atoms with Crippen LogP contribution >= 0.6 is 0 Å². The molecule has 0 aromatic carbocycles. The van der Waals surface area contributed by atoms with E-state index >= 15 is 0 Å². The largest absolute Gasteiger partial charge is 0.396 e. The first-order chi connectivity index (χ1) is 6.85. The standard InChI is InChI=1S/C12H27NO/c1-3-9-12(4-2)13-10-7-5-6-8-11-14/h12-14H,3-11H2,1-2H3. The van der Waals surface area contributed by atoms with Crippen molar-refractivity contribution in [3.8, 4) is 0 Å². The van der Waals surface area contributed by atoms with Crippen LogP contribution in [0.5, 0.6) is 0 Å². The summed E-state index contributed by atoms with van der Waals surface area (Å²) in [4.78, 5) is 0. The first-order valence-corrected chi connectivity index (χ1v) is 6.19. The highest BCUT2D eigenvalue weighted by atomic mass is 16.2. The summed E-state index contributed by atoms with van der Waals surface area (Å²) in [6.07, 6.45) is 8.44. The van der Waals surface area contributed by atoms with Crippen molar-refractivity contribution in [2.45, 2.75) is 64.8 Å². The molecule has 0 saturated heterocycles. The Morgan fingerprint density at radius 1 is 1.07 bits per heavy atom. The molecule has 0 bridgehead atoms. The van der Waals surface area contributed by atoms with E-state index in [0.717, 1.165) is 19.0 Å². The third-order valence-electron chi connectivity index (χ3n) is 2.65.